The molecule has 0 saturated carbocycles. The van der Waals surface area contributed by atoms with Gasteiger partial charge in [0.2, 0.25) is 0 Å². The summed E-state index contributed by atoms with van der Waals surface area (Å²) in [6.07, 6.45) is 3.45. The van der Waals surface area contributed by atoms with E-state index in [1.165, 1.54) is 0 Å². The minimum Gasteiger partial charge on any atom is -0.366 e. The molecule has 1 aliphatic rings. The summed E-state index contributed by atoms with van der Waals surface area (Å²) < 4.78 is 0. The molecule has 5 heteroatoms. The molecule has 1 aromatic heterocycles. The zero-order valence-electron chi connectivity index (χ0n) is 11.8. The second-order valence-corrected chi connectivity index (χ2v) is 5.76. The summed E-state index contributed by atoms with van der Waals surface area (Å²) in [5.41, 5.74) is 0.702. The molecule has 4 nitrogen and oxygen atoms in total. The molecule has 3 rings (SSSR count). The third kappa shape index (κ3) is 2.66. The molecule has 1 aromatic carbocycles. The van der Waals surface area contributed by atoms with Crippen molar-refractivity contribution in [2.45, 2.75) is 12.6 Å². The van der Waals surface area contributed by atoms with Crippen LogP contribution >= 0.6 is 11.8 Å². The van der Waals surface area contributed by atoms with Crippen LogP contribution in [0.3, 0.4) is 0 Å². The summed E-state index contributed by atoms with van der Waals surface area (Å²) in [6.45, 7) is 2.72. The second-order valence-electron chi connectivity index (χ2n) is 4.82. The van der Waals surface area contributed by atoms with Crippen molar-refractivity contribution >= 4 is 22.6 Å². The maximum absolute atomic E-state index is 11.1. The largest absolute Gasteiger partial charge is 0.366 e. The van der Waals surface area contributed by atoms with E-state index in [1.807, 2.05) is 54.3 Å². The number of nitrogens with zero attached hydrogens (tertiary/aromatic N) is 3. The van der Waals surface area contributed by atoms with Crippen molar-refractivity contribution < 1.29 is 5.11 Å². The molecule has 0 unspecified atom stereocenters. The quantitative estimate of drug-likeness (QED) is 0.946. The number of pyridine rings is 1. The number of aromatic nitrogens is 1. The van der Waals surface area contributed by atoms with Gasteiger partial charge < -0.3 is 10.0 Å². The van der Waals surface area contributed by atoms with Crippen molar-refractivity contribution in [3.63, 3.8) is 0 Å². The molecule has 1 atom stereocenters. The fraction of sp³-hybridized carbons (Fsp3) is 0.250. The Morgan fingerprint density at radius 1 is 1.29 bits per heavy atom. The van der Waals surface area contributed by atoms with Gasteiger partial charge in [-0.3, -0.25) is 4.98 Å². The van der Waals surface area contributed by atoms with Gasteiger partial charge in [-0.2, -0.15) is 0 Å². The van der Waals surface area contributed by atoms with Gasteiger partial charge in [0.05, 0.1) is 17.6 Å². The molecule has 0 bridgehead atoms. The number of benzene rings is 1. The molecule has 108 valence electrons. The Labute approximate surface area is 128 Å². The first-order valence-corrected chi connectivity index (χ1v) is 7.89. The highest BCUT2D eigenvalue weighted by molar-refractivity contribution is 8.14. The van der Waals surface area contributed by atoms with E-state index in [9.17, 15) is 5.11 Å². The second kappa shape index (κ2) is 5.87. The van der Waals surface area contributed by atoms with Gasteiger partial charge in [-0.15, -0.1) is 0 Å². The van der Waals surface area contributed by atoms with Crippen LogP contribution in [0, 0.1) is 0 Å². The maximum atomic E-state index is 11.1. The summed E-state index contributed by atoms with van der Waals surface area (Å²) in [5.74, 6) is 0.573. The molecular weight excluding hydrogens is 282 g/mol. The monoisotopic (exact) mass is 299 g/mol. The molecule has 2 aromatic rings. The van der Waals surface area contributed by atoms with Crippen LogP contribution in [0.25, 0.3) is 0 Å². The Bertz CT molecular complexity index is 632. The van der Waals surface area contributed by atoms with Crippen LogP contribution in [0.1, 0.15) is 12.5 Å². The highest BCUT2D eigenvalue weighted by Gasteiger charge is 2.43. The number of aliphatic hydroxyl groups is 1. The normalized spacial score (nSPS) is 23.7. The van der Waals surface area contributed by atoms with E-state index in [0.29, 0.717) is 12.3 Å². The summed E-state index contributed by atoms with van der Waals surface area (Å²) in [6, 6.07) is 13.5. The molecular formula is C16H17N3OS. The van der Waals surface area contributed by atoms with Crippen molar-refractivity contribution in [3.05, 3.63) is 60.4 Å². The smallest absolute Gasteiger partial charge is 0.175 e. The van der Waals surface area contributed by atoms with Crippen LogP contribution in [-0.4, -0.2) is 32.5 Å². The van der Waals surface area contributed by atoms with Crippen LogP contribution in [0.15, 0.2) is 59.9 Å². The summed E-state index contributed by atoms with van der Waals surface area (Å²) in [7, 11) is 0. The predicted molar refractivity (Wildman–Crippen MR) is 86.5 cm³/mol. The number of hydrogen-bond donors (Lipinski definition) is 1. The lowest BCUT2D eigenvalue weighted by atomic mass is 10.0. The zero-order valence-corrected chi connectivity index (χ0v) is 12.6. The summed E-state index contributed by atoms with van der Waals surface area (Å²) >= 11 is 1.57. The van der Waals surface area contributed by atoms with Gasteiger partial charge in [0.1, 0.15) is 0 Å². The fourth-order valence-electron chi connectivity index (χ4n) is 2.44. The van der Waals surface area contributed by atoms with Crippen LogP contribution in [0.2, 0.25) is 0 Å². The zero-order chi connectivity index (χ0) is 14.7. The Balaban J connectivity index is 1.95. The topological polar surface area (TPSA) is 48.7 Å². The Hall–Kier alpha value is -1.85. The van der Waals surface area contributed by atoms with E-state index in [4.69, 9.17) is 0 Å². The molecule has 1 N–H and O–H groups in total. The van der Waals surface area contributed by atoms with Crippen LogP contribution in [0.5, 0.6) is 0 Å². The molecule has 0 radical (unpaired) electrons. The number of rotatable bonds is 3. The Morgan fingerprint density at radius 3 is 2.76 bits per heavy atom. The third-order valence-corrected chi connectivity index (χ3v) is 4.62. The molecule has 0 aliphatic carbocycles. The van der Waals surface area contributed by atoms with Crippen LogP contribution in [0.4, 0.5) is 5.69 Å². The lowest BCUT2D eigenvalue weighted by molar-refractivity contribution is -0.0452. The molecule has 21 heavy (non-hydrogen) atoms. The predicted octanol–water partition coefficient (Wildman–Crippen LogP) is 2.98. The average Bonchev–Trinajstić information content (AvgIpc) is 2.86. The number of thioether (sulfide) groups is 1. The average molecular weight is 299 g/mol. The van der Waals surface area contributed by atoms with Gasteiger partial charge in [-0.05, 0) is 19.1 Å². The van der Waals surface area contributed by atoms with Gasteiger partial charge >= 0.3 is 0 Å². The third-order valence-electron chi connectivity index (χ3n) is 3.50. The molecule has 2 heterocycles. The Morgan fingerprint density at radius 2 is 2.10 bits per heavy atom. The first-order valence-electron chi connectivity index (χ1n) is 6.91. The maximum Gasteiger partial charge on any atom is 0.175 e. The lowest BCUT2D eigenvalue weighted by Gasteiger charge is -2.33. The molecule has 0 amide bonds. The van der Waals surface area contributed by atoms with Crippen molar-refractivity contribution in [2.24, 2.45) is 4.99 Å². The summed E-state index contributed by atoms with van der Waals surface area (Å²) in [5, 5.41) is 11.9. The van der Waals surface area contributed by atoms with Crippen LogP contribution < -0.4 is 0 Å². The highest BCUT2D eigenvalue weighted by atomic mass is 32.2. The number of amidine groups is 1. The van der Waals surface area contributed by atoms with Crippen molar-refractivity contribution in [1.82, 2.24) is 9.88 Å². The summed E-state index contributed by atoms with van der Waals surface area (Å²) in [4.78, 5) is 10.6. The van der Waals surface area contributed by atoms with Crippen LogP contribution in [-0.2, 0) is 5.72 Å². The lowest BCUT2D eigenvalue weighted by Crippen LogP contribution is -2.44. The molecule has 1 aliphatic heterocycles. The Kier molecular flexibility index (Phi) is 3.94. The van der Waals surface area contributed by atoms with Gasteiger partial charge in [-0.1, -0.05) is 42.1 Å². The minimum absolute atomic E-state index is 0.573. The fourth-order valence-corrected chi connectivity index (χ4v) is 3.70. The first-order chi connectivity index (χ1) is 10.2. The van der Waals surface area contributed by atoms with E-state index in [1.54, 1.807) is 24.2 Å². The molecule has 1 saturated heterocycles. The van der Waals surface area contributed by atoms with Crippen molar-refractivity contribution in [2.75, 3.05) is 12.3 Å². The molecule has 0 spiro atoms. The van der Waals surface area contributed by atoms with E-state index >= 15 is 0 Å². The van der Waals surface area contributed by atoms with Gasteiger partial charge in [0.25, 0.3) is 0 Å². The van der Waals surface area contributed by atoms with Crippen molar-refractivity contribution in [1.29, 1.82) is 0 Å². The van der Waals surface area contributed by atoms with Gasteiger partial charge in [0, 0.05) is 18.3 Å². The van der Waals surface area contributed by atoms with Gasteiger partial charge in [0.15, 0.2) is 10.9 Å². The minimum atomic E-state index is -0.998. The van der Waals surface area contributed by atoms with E-state index < -0.39 is 5.72 Å². The first kappa shape index (κ1) is 14.1. The van der Waals surface area contributed by atoms with Gasteiger partial charge in [-0.25, -0.2) is 4.99 Å². The van der Waals surface area contributed by atoms with E-state index in [-0.39, 0.29) is 0 Å². The van der Waals surface area contributed by atoms with E-state index in [0.717, 1.165) is 16.4 Å². The van der Waals surface area contributed by atoms with Crippen molar-refractivity contribution in [3.8, 4) is 0 Å². The van der Waals surface area contributed by atoms with E-state index in [2.05, 4.69) is 9.98 Å². The SMILES string of the molecule is CCN1C(=Nc2cccnc2)SC[C@]1(O)c1ccccc1. The highest BCUT2D eigenvalue weighted by Crippen LogP contribution is 2.39. The molecule has 1 fully saturated rings. The number of hydrogen-bond acceptors (Lipinski definition) is 4. The number of aliphatic imine (C=N–C) groups is 1. The standard InChI is InChI=1S/C16H17N3OS/c1-2-19-15(18-14-9-6-10-17-11-14)21-12-16(19,20)13-7-4-3-5-8-13/h3-11,20H,2,12H2,1H3/t16-/m0/s1.